The summed E-state index contributed by atoms with van der Waals surface area (Å²) in [7, 11) is 1.25. The molecule has 12 nitrogen and oxygen atoms in total. The SMILES string of the molecule is CCC(C)COC(=O)OC(C)CN[C@@H](Cc1ccc(OC(=O)OC(C)(C)C)c(OC(=O)OC(C)(C)C)c1)C(=O)OC. The molecule has 1 N–H and O–H groups in total. The van der Waals surface area contributed by atoms with Gasteiger partial charge in [0.05, 0.1) is 13.7 Å². The van der Waals surface area contributed by atoms with Crippen molar-refractivity contribution in [2.24, 2.45) is 5.92 Å². The first-order valence-electron chi connectivity index (χ1n) is 13.5. The van der Waals surface area contributed by atoms with Crippen molar-refractivity contribution in [3.63, 3.8) is 0 Å². The monoisotopic (exact) mass is 583 g/mol. The van der Waals surface area contributed by atoms with E-state index in [4.69, 9.17) is 33.2 Å². The number of nitrogens with one attached hydrogen (secondary N) is 1. The van der Waals surface area contributed by atoms with Gasteiger partial charge in [0.15, 0.2) is 11.5 Å². The van der Waals surface area contributed by atoms with E-state index >= 15 is 0 Å². The Labute approximate surface area is 242 Å². The Bertz CT molecular complexity index is 1030. The summed E-state index contributed by atoms with van der Waals surface area (Å²) in [6.45, 7) is 16.0. The lowest BCUT2D eigenvalue weighted by Gasteiger charge is -2.22. The minimum atomic E-state index is -1.02. The molecule has 232 valence electrons. The molecule has 0 aromatic heterocycles. The largest absolute Gasteiger partial charge is 0.514 e. The molecule has 1 rings (SSSR count). The molecule has 1 aromatic rings. The molecule has 41 heavy (non-hydrogen) atoms. The quantitative estimate of drug-likeness (QED) is 0.186. The second kappa shape index (κ2) is 16.0. The van der Waals surface area contributed by atoms with E-state index in [0.717, 1.165) is 6.42 Å². The van der Waals surface area contributed by atoms with Crippen molar-refractivity contribution < 1.29 is 52.3 Å². The normalized spacial score (nSPS) is 13.7. The first-order chi connectivity index (χ1) is 18.9. The Morgan fingerprint density at radius 1 is 0.854 bits per heavy atom. The fourth-order valence-electron chi connectivity index (χ4n) is 3.06. The standard InChI is InChI=1S/C29H45NO11/c1-11-18(2)17-36-25(32)37-19(3)16-30-21(24(31)35-10)14-20-12-13-22(38-26(33)40-28(4,5)6)23(15-20)39-27(34)41-29(7,8)9/h12-13,15,18-19,21,30H,11,14,16-17H2,1-10H3/t18?,19?,21-/m0/s1. The van der Waals surface area contributed by atoms with Crippen molar-refractivity contribution in [2.75, 3.05) is 20.3 Å². The van der Waals surface area contributed by atoms with Crippen LogP contribution in [0.5, 0.6) is 11.5 Å². The summed E-state index contributed by atoms with van der Waals surface area (Å²) in [6, 6.07) is 3.58. The number of ether oxygens (including phenoxy) is 7. The van der Waals surface area contributed by atoms with Gasteiger partial charge in [0.2, 0.25) is 0 Å². The van der Waals surface area contributed by atoms with E-state index in [0.29, 0.717) is 5.56 Å². The number of carbonyl (C=O) groups excluding carboxylic acids is 4. The maximum Gasteiger partial charge on any atom is 0.514 e. The predicted molar refractivity (Wildman–Crippen MR) is 149 cm³/mol. The van der Waals surface area contributed by atoms with Crippen LogP contribution in [0.3, 0.4) is 0 Å². The van der Waals surface area contributed by atoms with Crippen molar-refractivity contribution >= 4 is 24.4 Å². The van der Waals surface area contributed by atoms with Crippen LogP contribution in [0, 0.1) is 5.92 Å². The molecular weight excluding hydrogens is 538 g/mol. The number of hydrogen-bond donors (Lipinski definition) is 1. The van der Waals surface area contributed by atoms with E-state index in [1.54, 1.807) is 54.5 Å². The van der Waals surface area contributed by atoms with Gasteiger partial charge in [-0.2, -0.15) is 0 Å². The highest BCUT2D eigenvalue weighted by Gasteiger charge is 2.26. The van der Waals surface area contributed by atoms with E-state index in [-0.39, 0.29) is 37.0 Å². The van der Waals surface area contributed by atoms with E-state index in [1.807, 2.05) is 13.8 Å². The minimum Gasteiger partial charge on any atom is -0.468 e. The zero-order valence-corrected chi connectivity index (χ0v) is 25.8. The van der Waals surface area contributed by atoms with Crippen LogP contribution in [-0.4, -0.2) is 68.0 Å². The molecule has 0 heterocycles. The van der Waals surface area contributed by atoms with Crippen molar-refractivity contribution in [3.8, 4) is 11.5 Å². The topological polar surface area (TPSA) is 145 Å². The van der Waals surface area contributed by atoms with Gasteiger partial charge in [-0.05, 0) is 78.5 Å². The molecule has 0 amide bonds. The Morgan fingerprint density at radius 3 is 1.93 bits per heavy atom. The van der Waals surface area contributed by atoms with E-state index < -0.39 is 47.8 Å². The molecule has 0 radical (unpaired) electrons. The molecule has 1 aromatic carbocycles. The molecule has 2 unspecified atom stereocenters. The highest BCUT2D eigenvalue weighted by molar-refractivity contribution is 5.76. The summed E-state index contributed by atoms with van der Waals surface area (Å²) < 4.78 is 36.3. The highest BCUT2D eigenvalue weighted by atomic mass is 16.8. The summed E-state index contributed by atoms with van der Waals surface area (Å²) in [5.41, 5.74) is -1.11. The fraction of sp³-hybridized carbons (Fsp3) is 0.655. The number of rotatable bonds is 12. The van der Waals surface area contributed by atoms with Crippen molar-refractivity contribution in [1.29, 1.82) is 0 Å². The maximum absolute atomic E-state index is 12.5. The third kappa shape index (κ3) is 15.1. The van der Waals surface area contributed by atoms with Crippen LogP contribution >= 0.6 is 0 Å². The Kier molecular flexibility index (Phi) is 13.9. The van der Waals surface area contributed by atoms with E-state index in [1.165, 1.54) is 19.2 Å². The Hall–Kier alpha value is -3.54. The van der Waals surface area contributed by atoms with Gasteiger partial charge in [-0.3, -0.25) is 4.79 Å². The molecule has 0 bridgehead atoms. The lowest BCUT2D eigenvalue weighted by molar-refractivity contribution is -0.143. The van der Waals surface area contributed by atoms with Gasteiger partial charge >= 0.3 is 24.4 Å². The molecule has 0 fully saturated rings. The Balaban J connectivity index is 3.05. The van der Waals surface area contributed by atoms with Crippen molar-refractivity contribution in [2.45, 2.75) is 98.5 Å². The number of carbonyl (C=O) groups is 4. The molecule has 0 aliphatic rings. The van der Waals surface area contributed by atoms with E-state index in [2.05, 4.69) is 5.32 Å². The maximum atomic E-state index is 12.5. The molecule has 3 atom stereocenters. The minimum absolute atomic E-state index is 0.0886. The van der Waals surface area contributed by atoms with Crippen LogP contribution in [0.2, 0.25) is 0 Å². The first kappa shape index (κ1) is 35.5. The summed E-state index contributed by atoms with van der Waals surface area (Å²) in [6.07, 6.45) is -2.46. The summed E-state index contributed by atoms with van der Waals surface area (Å²) in [4.78, 5) is 49.1. The van der Waals surface area contributed by atoms with Gasteiger partial charge in [0.1, 0.15) is 23.3 Å². The van der Waals surface area contributed by atoms with Gasteiger partial charge in [0.25, 0.3) is 0 Å². The second-order valence-electron chi connectivity index (χ2n) is 11.6. The van der Waals surface area contributed by atoms with Crippen LogP contribution in [0.15, 0.2) is 18.2 Å². The van der Waals surface area contributed by atoms with Gasteiger partial charge in [-0.15, -0.1) is 0 Å². The third-order valence-corrected chi connectivity index (χ3v) is 5.23. The van der Waals surface area contributed by atoms with Crippen LogP contribution < -0.4 is 14.8 Å². The molecule has 0 aliphatic heterocycles. The van der Waals surface area contributed by atoms with Crippen molar-refractivity contribution in [3.05, 3.63) is 23.8 Å². The lowest BCUT2D eigenvalue weighted by atomic mass is 10.0. The predicted octanol–water partition coefficient (Wildman–Crippen LogP) is 5.58. The van der Waals surface area contributed by atoms with Gasteiger partial charge in [0, 0.05) is 6.54 Å². The van der Waals surface area contributed by atoms with Crippen molar-refractivity contribution in [1.82, 2.24) is 5.32 Å². The molecular formula is C29H45NO11. The van der Waals surface area contributed by atoms with Gasteiger partial charge in [-0.1, -0.05) is 26.3 Å². The highest BCUT2D eigenvalue weighted by Crippen LogP contribution is 2.31. The molecule has 12 heteroatoms. The smallest absolute Gasteiger partial charge is 0.468 e. The average Bonchev–Trinajstić information content (AvgIpc) is 2.83. The van der Waals surface area contributed by atoms with Gasteiger partial charge in [-0.25, -0.2) is 14.4 Å². The van der Waals surface area contributed by atoms with Crippen LogP contribution in [0.1, 0.15) is 74.3 Å². The molecule has 0 spiro atoms. The van der Waals surface area contributed by atoms with Crippen LogP contribution in [0.25, 0.3) is 0 Å². The average molecular weight is 584 g/mol. The zero-order valence-electron chi connectivity index (χ0n) is 25.8. The summed E-state index contributed by atoms with van der Waals surface area (Å²) in [5, 5.41) is 3.02. The number of benzene rings is 1. The lowest BCUT2D eigenvalue weighted by Crippen LogP contribution is -2.43. The zero-order chi connectivity index (χ0) is 31.4. The van der Waals surface area contributed by atoms with Gasteiger partial charge < -0.3 is 38.5 Å². The first-order valence-corrected chi connectivity index (χ1v) is 13.5. The van der Waals surface area contributed by atoms with Crippen LogP contribution in [-0.2, 0) is 34.9 Å². The summed E-state index contributed by atoms with van der Waals surface area (Å²) in [5.74, 6) is -0.564. The van der Waals surface area contributed by atoms with Crippen LogP contribution in [0.4, 0.5) is 14.4 Å². The second-order valence-corrected chi connectivity index (χ2v) is 11.6. The fourth-order valence-corrected chi connectivity index (χ4v) is 3.06. The summed E-state index contributed by atoms with van der Waals surface area (Å²) >= 11 is 0. The molecule has 0 saturated heterocycles. The number of hydrogen-bond acceptors (Lipinski definition) is 12. The Morgan fingerprint density at radius 2 is 1.41 bits per heavy atom. The number of methoxy groups -OCH3 is 1. The third-order valence-electron chi connectivity index (χ3n) is 5.23. The molecule has 0 aliphatic carbocycles. The number of esters is 1. The molecule has 0 saturated carbocycles. The van der Waals surface area contributed by atoms with E-state index in [9.17, 15) is 19.2 Å².